The van der Waals surface area contributed by atoms with Crippen molar-refractivity contribution in [3.05, 3.63) is 18.1 Å². The lowest BCUT2D eigenvalue weighted by atomic mass is 10.3. The molecule has 0 atom stereocenters. The van der Waals surface area contributed by atoms with E-state index in [-0.39, 0.29) is 24.5 Å². The number of nitrogens with one attached hydrogen (secondary N) is 1. The normalized spacial score (nSPS) is 11.2. The maximum absolute atomic E-state index is 11.8. The van der Waals surface area contributed by atoms with Crippen LogP contribution >= 0.6 is 0 Å². The smallest absolute Gasteiger partial charge is 0.389 e. The van der Waals surface area contributed by atoms with E-state index < -0.39 is 18.6 Å². The lowest BCUT2D eigenvalue weighted by Gasteiger charge is -2.07. The van der Waals surface area contributed by atoms with E-state index in [1.807, 2.05) is 0 Å². The molecule has 0 aliphatic rings. The van der Waals surface area contributed by atoms with Gasteiger partial charge in [-0.05, 0) is 6.42 Å². The number of halogens is 3. The monoisotopic (exact) mass is 249 g/mol. The van der Waals surface area contributed by atoms with Crippen LogP contribution in [-0.4, -0.2) is 33.8 Å². The Balaban J connectivity index is 2.42. The van der Waals surface area contributed by atoms with Crippen LogP contribution in [0.4, 0.5) is 19.0 Å². The molecule has 0 aromatic carbocycles. The summed E-state index contributed by atoms with van der Waals surface area (Å²) in [5.74, 6) is -1.09. The maximum Gasteiger partial charge on any atom is 0.389 e. The summed E-state index contributed by atoms with van der Waals surface area (Å²) in [5.41, 5.74) is -0.258. The van der Waals surface area contributed by atoms with Crippen LogP contribution in [0.3, 0.4) is 0 Å². The average molecular weight is 249 g/mol. The highest BCUT2D eigenvalue weighted by Gasteiger charge is 2.25. The summed E-state index contributed by atoms with van der Waals surface area (Å²) < 4.78 is 35.5. The number of carbonyl (C=O) groups is 1. The van der Waals surface area contributed by atoms with E-state index >= 15 is 0 Å². The second kappa shape index (κ2) is 5.46. The first-order valence-corrected chi connectivity index (χ1v) is 4.74. The molecule has 0 amide bonds. The zero-order chi connectivity index (χ0) is 12.9. The van der Waals surface area contributed by atoms with E-state index in [1.165, 1.54) is 6.20 Å². The number of aromatic nitrogens is 2. The van der Waals surface area contributed by atoms with Gasteiger partial charge in [0.2, 0.25) is 0 Å². The molecule has 94 valence electrons. The standard InChI is InChI=1S/C9H10F3N3O2/c10-9(11,12)2-1-3-14-7-5-13-4-6(15-7)8(16)17/h4-5H,1-3H2,(H,14,15)(H,16,17). The molecule has 0 saturated heterocycles. The van der Waals surface area contributed by atoms with Crippen LogP contribution in [0.2, 0.25) is 0 Å². The van der Waals surface area contributed by atoms with Crippen molar-refractivity contribution < 1.29 is 23.1 Å². The summed E-state index contributed by atoms with van der Waals surface area (Å²) in [5, 5.41) is 11.2. The number of nitrogens with zero attached hydrogens (tertiary/aromatic N) is 2. The third kappa shape index (κ3) is 5.14. The quantitative estimate of drug-likeness (QED) is 0.780. The van der Waals surface area contributed by atoms with Gasteiger partial charge in [-0.1, -0.05) is 0 Å². The Kier molecular flexibility index (Phi) is 4.24. The van der Waals surface area contributed by atoms with E-state index in [4.69, 9.17) is 5.11 Å². The summed E-state index contributed by atoms with van der Waals surface area (Å²) in [6, 6.07) is 0. The number of carboxylic acid groups (broad SMARTS) is 1. The highest BCUT2D eigenvalue weighted by molar-refractivity contribution is 5.85. The van der Waals surface area contributed by atoms with Gasteiger partial charge < -0.3 is 10.4 Å². The third-order valence-electron chi connectivity index (χ3n) is 1.80. The zero-order valence-corrected chi connectivity index (χ0v) is 8.66. The Morgan fingerprint density at radius 2 is 2.12 bits per heavy atom. The number of anilines is 1. The SMILES string of the molecule is O=C(O)c1cncc(NCCCC(F)(F)F)n1. The molecular formula is C9H10F3N3O2. The lowest BCUT2D eigenvalue weighted by molar-refractivity contribution is -0.134. The van der Waals surface area contributed by atoms with Crippen molar-refractivity contribution >= 4 is 11.8 Å². The minimum atomic E-state index is -4.18. The van der Waals surface area contributed by atoms with E-state index in [0.29, 0.717) is 0 Å². The largest absolute Gasteiger partial charge is 0.476 e. The van der Waals surface area contributed by atoms with Crippen LogP contribution < -0.4 is 5.32 Å². The third-order valence-corrected chi connectivity index (χ3v) is 1.80. The summed E-state index contributed by atoms with van der Waals surface area (Å²) in [4.78, 5) is 17.8. The second-order valence-corrected chi connectivity index (χ2v) is 3.24. The van der Waals surface area contributed by atoms with Crippen LogP contribution in [0, 0.1) is 0 Å². The predicted molar refractivity (Wildman–Crippen MR) is 52.8 cm³/mol. The van der Waals surface area contributed by atoms with Gasteiger partial charge in [-0.3, -0.25) is 4.98 Å². The summed E-state index contributed by atoms with van der Waals surface area (Å²) in [6.45, 7) is 0.0528. The number of rotatable bonds is 5. The van der Waals surface area contributed by atoms with Crippen molar-refractivity contribution in [2.75, 3.05) is 11.9 Å². The molecule has 0 saturated carbocycles. The van der Waals surface area contributed by atoms with Crippen molar-refractivity contribution in [1.82, 2.24) is 9.97 Å². The molecule has 1 heterocycles. The van der Waals surface area contributed by atoms with Gasteiger partial charge in [0.1, 0.15) is 5.82 Å². The minimum Gasteiger partial charge on any atom is -0.476 e. The fraction of sp³-hybridized carbons (Fsp3) is 0.444. The molecule has 2 N–H and O–H groups in total. The molecule has 1 aromatic heterocycles. The van der Waals surface area contributed by atoms with Crippen LogP contribution in [-0.2, 0) is 0 Å². The van der Waals surface area contributed by atoms with Crippen LogP contribution in [0.15, 0.2) is 12.4 Å². The first kappa shape index (κ1) is 13.2. The fourth-order valence-corrected chi connectivity index (χ4v) is 1.06. The van der Waals surface area contributed by atoms with Crippen molar-refractivity contribution in [3.63, 3.8) is 0 Å². The Bertz CT molecular complexity index is 395. The molecule has 1 rings (SSSR count). The molecule has 8 heteroatoms. The van der Waals surface area contributed by atoms with Gasteiger partial charge in [0, 0.05) is 13.0 Å². The van der Waals surface area contributed by atoms with Gasteiger partial charge in [-0.15, -0.1) is 0 Å². The van der Waals surface area contributed by atoms with Crippen molar-refractivity contribution in [1.29, 1.82) is 0 Å². The predicted octanol–water partition coefficient (Wildman–Crippen LogP) is 1.93. The molecular weight excluding hydrogens is 239 g/mol. The van der Waals surface area contributed by atoms with Crippen molar-refractivity contribution in [2.45, 2.75) is 19.0 Å². The topological polar surface area (TPSA) is 75.1 Å². The molecule has 0 radical (unpaired) electrons. The first-order valence-electron chi connectivity index (χ1n) is 4.74. The van der Waals surface area contributed by atoms with Gasteiger partial charge >= 0.3 is 12.1 Å². The molecule has 17 heavy (non-hydrogen) atoms. The first-order chi connectivity index (χ1) is 7.88. The fourth-order valence-electron chi connectivity index (χ4n) is 1.06. The lowest BCUT2D eigenvalue weighted by Crippen LogP contribution is -2.12. The van der Waals surface area contributed by atoms with Gasteiger partial charge in [-0.25, -0.2) is 9.78 Å². The molecule has 0 spiro atoms. The van der Waals surface area contributed by atoms with Gasteiger partial charge in [0.05, 0.1) is 12.4 Å². The van der Waals surface area contributed by atoms with Crippen molar-refractivity contribution in [2.24, 2.45) is 0 Å². The molecule has 1 aromatic rings. The Hall–Kier alpha value is -1.86. The number of carboxylic acids is 1. The van der Waals surface area contributed by atoms with Crippen LogP contribution in [0.1, 0.15) is 23.3 Å². The van der Waals surface area contributed by atoms with E-state index in [1.54, 1.807) is 0 Å². The Labute approximate surface area is 94.7 Å². The van der Waals surface area contributed by atoms with Gasteiger partial charge in [0.25, 0.3) is 0 Å². The van der Waals surface area contributed by atoms with Crippen LogP contribution in [0.25, 0.3) is 0 Å². The average Bonchev–Trinajstić information content (AvgIpc) is 2.23. The molecule has 0 unspecified atom stereocenters. The summed E-state index contributed by atoms with van der Waals surface area (Å²) in [7, 11) is 0. The summed E-state index contributed by atoms with van der Waals surface area (Å²) in [6.07, 6.45) is -2.88. The Morgan fingerprint density at radius 3 is 2.71 bits per heavy atom. The number of aromatic carboxylic acids is 1. The second-order valence-electron chi connectivity index (χ2n) is 3.24. The molecule has 5 nitrogen and oxygen atoms in total. The van der Waals surface area contributed by atoms with E-state index in [2.05, 4.69) is 15.3 Å². The highest BCUT2D eigenvalue weighted by Crippen LogP contribution is 2.21. The molecule has 0 bridgehead atoms. The molecule has 0 aliphatic carbocycles. The minimum absolute atomic E-state index is 0.0528. The molecule has 0 fully saturated rings. The van der Waals surface area contributed by atoms with E-state index in [9.17, 15) is 18.0 Å². The van der Waals surface area contributed by atoms with Crippen LogP contribution in [0.5, 0.6) is 0 Å². The van der Waals surface area contributed by atoms with E-state index in [0.717, 1.165) is 6.20 Å². The number of hydrogen-bond acceptors (Lipinski definition) is 4. The van der Waals surface area contributed by atoms with Gasteiger partial charge in [0.15, 0.2) is 5.69 Å². The number of alkyl halides is 3. The zero-order valence-electron chi connectivity index (χ0n) is 8.66. The highest BCUT2D eigenvalue weighted by atomic mass is 19.4. The Morgan fingerprint density at radius 1 is 1.41 bits per heavy atom. The molecule has 0 aliphatic heterocycles. The maximum atomic E-state index is 11.8. The number of hydrogen-bond donors (Lipinski definition) is 2. The van der Waals surface area contributed by atoms with Crippen molar-refractivity contribution in [3.8, 4) is 0 Å². The van der Waals surface area contributed by atoms with Gasteiger partial charge in [-0.2, -0.15) is 13.2 Å². The summed E-state index contributed by atoms with van der Waals surface area (Å²) >= 11 is 0.